The molecule has 0 amide bonds. The van der Waals surface area contributed by atoms with E-state index >= 15 is 0 Å². The summed E-state index contributed by atoms with van der Waals surface area (Å²) in [6, 6.07) is 31.7. The minimum atomic E-state index is 1.31. The predicted molar refractivity (Wildman–Crippen MR) is 143 cm³/mol. The molecule has 3 heteroatoms. The Bertz CT molecular complexity index is 1980. The van der Waals surface area contributed by atoms with Gasteiger partial charge in [-0.05, 0) is 64.0 Å². The zero-order valence-electron chi connectivity index (χ0n) is 16.3. The van der Waals surface area contributed by atoms with Crippen molar-refractivity contribution in [3.8, 4) is 0 Å². The second kappa shape index (κ2) is 5.83. The van der Waals surface area contributed by atoms with E-state index in [1.54, 1.807) is 0 Å². The summed E-state index contributed by atoms with van der Waals surface area (Å²) < 4.78 is 8.44. The van der Waals surface area contributed by atoms with Gasteiger partial charge in [-0.1, -0.05) is 42.5 Å². The first-order chi connectivity index (χ1) is 15.3. The molecule has 0 fully saturated rings. The van der Waals surface area contributed by atoms with E-state index in [1.807, 2.05) is 34.0 Å². The minimum Gasteiger partial charge on any atom is -0.135 e. The first-order valence-corrected chi connectivity index (χ1v) is 12.8. The fourth-order valence-corrected chi connectivity index (χ4v) is 8.73. The summed E-state index contributed by atoms with van der Waals surface area (Å²) in [4.78, 5) is 0. The molecule has 0 bridgehead atoms. The number of thiophene rings is 3. The summed E-state index contributed by atoms with van der Waals surface area (Å²) in [5.41, 5.74) is 0. The zero-order chi connectivity index (χ0) is 20.1. The Morgan fingerprint density at radius 1 is 0.355 bits per heavy atom. The van der Waals surface area contributed by atoms with Crippen LogP contribution in [0.4, 0.5) is 0 Å². The van der Waals surface area contributed by atoms with Crippen molar-refractivity contribution in [1.29, 1.82) is 0 Å². The standard InChI is InChI=1S/C28H14S3/c1-2-6-16-10-18-12-24-20(11-17(18)9-15(16)5-1)21-13-26-22(14-25(21)29-24)28-27(31-26)19-7-3-4-8-23(19)30-28/h1-14H. The third-order valence-corrected chi connectivity index (χ3v) is 10.0. The van der Waals surface area contributed by atoms with Gasteiger partial charge < -0.3 is 0 Å². The van der Waals surface area contributed by atoms with Gasteiger partial charge in [-0.15, -0.1) is 34.0 Å². The van der Waals surface area contributed by atoms with E-state index in [1.165, 1.54) is 71.3 Å². The number of rotatable bonds is 0. The molecule has 0 saturated carbocycles. The zero-order valence-corrected chi connectivity index (χ0v) is 18.8. The van der Waals surface area contributed by atoms with Gasteiger partial charge in [0, 0.05) is 40.3 Å². The summed E-state index contributed by atoms with van der Waals surface area (Å²) in [6.45, 7) is 0. The summed E-state index contributed by atoms with van der Waals surface area (Å²) in [5, 5.41) is 10.8. The lowest BCUT2D eigenvalue weighted by Gasteiger charge is -2.03. The van der Waals surface area contributed by atoms with Crippen molar-refractivity contribution < 1.29 is 0 Å². The monoisotopic (exact) mass is 446 g/mol. The van der Waals surface area contributed by atoms with Crippen LogP contribution in [0.3, 0.4) is 0 Å². The number of hydrogen-bond acceptors (Lipinski definition) is 3. The third kappa shape index (κ3) is 2.23. The van der Waals surface area contributed by atoms with Gasteiger partial charge in [0.15, 0.2) is 0 Å². The Hall–Kier alpha value is -2.98. The molecule has 3 heterocycles. The van der Waals surface area contributed by atoms with E-state index < -0.39 is 0 Å². The quantitative estimate of drug-likeness (QED) is 0.203. The van der Waals surface area contributed by atoms with Crippen LogP contribution in [0.15, 0.2) is 84.9 Å². The van der Waals surface area contributed by atoms with Crippen LogP contribution in [0.5, 0.6) is 0 Å². The van der Waals surface area contributed by atoms with Crippen LogP contribution in [-0.4, -0.2) is 0 Å². The van der Waals surface area contributed by atoms with E-state index in [4.69, 9.17) is 0 Å². The Morgan fingerprint density at radius 2 is 0.935 bits per heavy atom. The van der Waals surface area contributed by atoms with Crippen molar-refractivity contribution >= 4 is 105 Å². The maximum Gasteiger partial charge on any atom is 0.0542 e. The molecule has 0 atom stereocenters. The largest absolute Gasteiger partial charge is 0.135 e. The van der Waals surface area contributed by atoms with Gasteiger partial charge in [0.1, 0.15) is 0 Å². The molecule has 0 saturated heterocycles. The molecular formula is C28H14S3. The van der Waals surface area contributed by atoms with Gasteiger partial charge in [-0.3, -0.25) is 0 Å². The van der Waals surface area contributed by atoms with E-state index in [-0.39, 0.29) is 0 Å². The smallest absolute Gasteiger partial charge is 0.0542 e. The van der Waals surface area contributed by atoms with Crippen LogP contribution in [0.2, 0.25) is 0 Å². The molecule has 5 aromatic carbocycles. The molecule has 0 spiro atoms. The van der Waals surface area contributed by atoms with E-state index in [9.17, 15) is 0 Å². The predicted octanol–water partition coefficient (Wildman–Crippen LogP) is 9.94. The fourth-order valence-electron chi connectivity index (χ4n) is 4.91. The van der Waals surface area contributed by atoms with Gasteiger partial charge in [0.2, 0.25) is 0 Å². The lowest BCUT2D eigenvalue weighted by Crippen LogP contribution is -1.76. The van der Waals surface area contributed by atoms with Crippen LogP contribution < -0.4 is 0 Å². The molecule has 8 rings (SSSR count). The maximum absolute atomic E-state index is 2.44. The Morgan fingerprint density at radius 3 is 1.81 bits per heavy atom. The third-order valence-electron chi connectivity index (χ3n) is 6.40. The van der Waals surface area contributed by atoms with E-state index in [0.29, 0.717) is 0 Å². The van der Waals surface area contributed by atoms with Gasteiger partial charge in [-0.2, -0.15) is 0 Å². The van der Waals surface area contributed by atoms with Crippen LogP contribution in [0, 0.1) is 0 Å². The first-order valence-electron chi connectivity index (χ1n) is 10.3. The minimum absolute atomic E-state index is 1.31. The molecule has 0 unspecified atom stereocenters. The molecule has 0 aliphatic heterocycles. The van der Waals surface area contributed by atoms with Gasteiger partial charge in [0.05, 0.1) is 9.40 Å². The Balaban J connectivity index is 1.48. The van der Waals surface area contributed by atoms with Crippen molar-refractivity contribution in [1.82, 2.24) is 0 Å². The molecular weight excluding hydrogens is 433 g/mol. The highest BCUT2D eigenvalue weighted by atomic mass is 32.1. The van der Waals surface area contributed by atoms with Crippen molar-refractivity contribution in [2.45, 2.75) is 0 Å². The highest BCUT2D eigenvalue weighted by molar-refractivity contribution is 7.36. The second-order valence-electron chi connectivity index (χ2n) is 8.20. The Kier molecular flexibility index (Phi) is 3.14. The van der Waals surface area contributed by atoms with Gasteiger partial charge in [-0.25, -0.2) is 0 Å². The maximum atomic E-state index is 2.44. The summed E-state index contributed by atoms with van der Waals surface area (Å²) >= 11 is 5.80. The molecule has 144 valence electrons. The molecule has 3 aromatic heterocycles. The SMILES string of the molecule is c1ccc2cc3cc4c(cc3cc2c1)sc1cc2c(cc14)sc1c3ccccc3sc21. The molecule has 0 radical (unpaired) electrons. The van der Waals surface area contributed by atoms with Crippen molar-refractivity contribution in [3.05, 3.63) is 84.9 Å². The second-order valence-corrected chi connectivity index (χ2v) is 11.4. The van der Waals surface area contributed by atoms with Crippen LogP contribution in [0.1, 0.15) is 0 Å². The molecule has 31 heavy (non-hydrogen) atoms. The summed E-state index contributed by atoms with van der Waals surface area (Å²) in [7, 11) is 0. The summed E-state index contributed by atoms with van der Waals surface area (Å²) in [5.74, 6) is 0. The highest BCUT2D eigenvalue weighted by Crippen LogP contribution is 2.47. The average molecular weight is 447 g/mol. The number of hydrogen-bond donors (Lipinski definition) is 0. The number of benzene rings is 5. The molecule has 0 aliphatic carbocycles. The highest BCUT2D eigenvalue weighted by Gasteiger charge is 2.15. The lowest BCUT2D eigenvalue weighted by atomic mass is 10.0. The molecule has 0 aliphatic rings. The number of fused-ring (bicyclic) bond motifs is 10. The Labute approximate surface area is 189 Å². The van der Waals surface area contributed by atoms with Crippen LogP contribution in [0.25, 0.3) is 71.3 Å². The van der Waals surface area contributed by atoms with E-state index in [0.717, 1.165) is 0 Å². The van der Waals surface area contributed by atoms with Crippen LogP contribution >= 0.6 is 34.0 Å². The van der Waals surface area contributed by atoms with Gasteiger partial charge in [0.25, 0.3) is 0 Å². The molecule has 0 N–H and O–H groups in total. The lowest BCUT2D eigenvalue weighted by molar-refractivity contribution is 1.80. The fraction of sp³-hybridized carbons (Fsp3) is 0. The first kappa shape index (κ1) is 16.7. The van der Waals surface area contributed by atoms with Crippen molar-refractivity contribution in [2.75, 3.05) is 0 Å². The summed E-state index contributed by atoms with van der Waals surface area (Å²) in [6.07, 6.45) is 0. The van der Waals surface area contributed by atoms with Crippen LogP contribution in [-0.2, 0) is 0 Å². The van der Waals surface area contributed by atoms with Crippen molar-refractivity contribution in [2.24, 2.45) is 0 Å². The normalized spacial score (nSPS) is 12.5. The topological polar surface area (TPSA) is 0 Å². The average Bonchev–Trinajstić information content (AvgIpc) is 3.44. The van der Waals surface area contributed by atoms with Crippen molar-refractivity contribution in [3.63, 3.8) is 0 Å². The van der Waals surface area contributed by atoms with E-state index in [2.05, 4.69) is 84.9 Å². The van der Waals surface area contributed by atoms with Gasteiger partial charge >= 0.3 is 0 Å². The molecule has 8 aromatic rings. The molecule has 0 nitrogen and oxygen atoms in total.